The van der Waals surface area contributed by atoms with Crippen molar-refractivity contribution in [1.29, 1.82) is 0 Å². The van der Waals surface area contributed by atoms with Gasteiger partial charge in [-0.25, -0.2) is 9.97 Å². The van der Waals surface area contributed by atoms with Crippen LogP contribution in [0.5, 0.6) is 0 Å². The van der Waals surface area contributed by atoms with Crippen LogP contribution in [0.4, 0.5) is 0 Å². The molecule has 0 unspecified atom stereocenters. The highest BCUT2D eigenvalue weighted by molar-refractivity contribution is 6.28. The van der Waals surface area contributed by atoms with E-state index in [0.717, 1.165) is 0 Å². The number of carbonyl (C=O) groups is 1. The van der Waals surface area contributed by atoms with E-state index in [9.17, 15) is 4.79 Å². The van der Waals surface area contributed by atoms with Crippen molar-refractivity contribution in [3.63, 3.8) is 0 Å². The molecule has 0 fully saturated rings. The van der Waals surface area contributed by atoms with Gasteiger partial charge in [0.2, 0.25) is 5.28 Å². The molecule has 1 aromatic rings. The monoisotopic (exact) mass is 215 g/mol. The standard InChI is InChI=1S/C8H10ClN3O2/c1-5(4-13)12-7(14)6-2-10-8(9)11-3-6/h2-3,5,13H,4H2,1H3,(H,12,14)/t5-/m0/s1. The lowest BCUT2D eigenvalue weighted by atomic mass is 10.3. The molecular formula is C8H10ClN3O2. The number of aromatic nitrogens is 2. The average Bonchev–Trinajstić information content (AvgIpc) is 2.18. The first kappa shape index (κ1) is 10.9. The summed E-state index contributed by atoms with van der Waals surface area (Å²) in [5.41, 5.74) is 0.315. The largest absolute Gasteiger partial charge is 0.394 e. The quantitative estimate of drug-likeness (QED) is 0.709. The van der Waals surface area contributed by atoms with E-state index >= 15 is 0 Å². The third kappa shape index (κ3) is 2.93. The Morgan fingerprint density at radius 1 is 1.64 bits per heavy atom. The molecule has 0 aliphatic carbocycles. The molecule has 0 saturated carbocycles. The summed E-state index contributed by atoms with van der Waals surface area (Å²) >= 11 is 5.46. The van der Waals surface area contributed by atoms with Crippen LogP contribution in [0.2, 0.25) is 5.28 Å². The number of aliphatic hydroxyl groups excluding tert-OH is 1. The first-order valence-electron chi connectivity index (χ1n) is 4.02. The Hall–Kier alpha value is -1.20. The van der Waals surface area contributed by atoms with Crippen molar-refractivity contribution >= 4 is 17.5 Å². The summed E-state index contributed by atoms with van der Waals surface area (Å²) in [5.74, 6) is -0.330. The molecule has 5 nitrogen and oxygen atoms in total. The maximum absolute atomic E-state index is 11.4. The number of hydrogen-bond donors (Lipinski definition) is 2. The highest BCUT2D eigenvalue weighted by atomic mass is 35.5. The lowest BCUT2D eigenvalue weighted by Crippen LogP contribution is -2.35. The van der Waals surface area contributed by atoms with Crippen molar-refractivity contribution in [2.75, 3.05) is 6.61 Å². The molecule has 0 spiro atoms. The molecule has 0 aliphatic rings. The van der Waals surface area contributed by atoms with E-state index in [1.165, 1.54) is 12.4 Å². The molecule has 1 aromatic heterocycles. The molecule has 1 heterocycles. The second kappa shape index (κ2) is 4.88. The van der Waals surface area contributed by atoms with Crippen LogP contribution in [-0.2, 0) is 0 Å². The Morgan fingerprint density at radius 2 is 2.21 bits per heavy atom. The summed E-state index contributed by atoms with van der Waals surface area (Å²) in [6.07, 6.45) is 2.66. The fourth-order valence-corrected chi connectivity index (χ4v) is 0.880. The van der Waals surface area contributed by atoms with Gasteiger partial charge in [-0.05, 0) is 18.5 Å². The number of nitrogens with one attached hydrogen (secondary N) is 1. The number of halogens is 1. The van der Waals surface area contributed by atoms with Gasteiger partial charge in [-0.2, -0.15) is 0 Å². The third-order valence-corrected chi connectivity index (χ3v) is 1.73. The van der Waals surface area contributed by atoms with E-state index in [2.05, 4.69) is 15.3 Å². The molecule has 1 amide bonds. The molecule has 1 rings (SSSR count). The van der Waals surface area contributed by atoms with Gasteiger partial charge in [-0.15, -0.1) is 0 Å². The van der Waals surface area contributed by atoms with E-state index in [4.69, 9.17) is 16.7 Å². The first-order valence-corrected chi connectivity index (χ1v) is 4.40. The minimum atomic E-state index is -0.330. The van der Waals surface area contributed by atoms with Crippen molar-refractivity contribution in [1.82, 2.24) is 15.3 Å². The van der Waals surface area contributed by atoms with Crippen LogP contribution in [0.25, 0.3) is 0 Å². The number of hydrogen-bond acceptors (Lipinski definition) is 4. The predicted molar refractivity (Wildman–Crippen MR) is 51.1 cm³/mol. The first-order chi connectivity index (χ1) is 6.63. The van der Waals surface area contributed by atoms with Crippen molar-refractivity contribution in [3.05, 3.63) is 23.2 Å². The van der Waals surface area contributed by atoms with E-state index < -0.39 is 0 Å². The van der Waals surface area contributed by atoms with Gasteiger partial charge in [-0.3, -0.25) is 4.79 Å². The van der Waals surface area contributed by atoms with Gasteiger partial charge in [0.15, 0.2) is 0 Å². The lowest BCUT2D eigenvalue weighted by Gasteiger charge is -2.09. The van der Waals surface area contributed by atoms with E-state index in [-0.39, 0.29) is 23.8 Å². The second-order valence-corrected chi connectivity index (χ2v) is 3.14. The summed E-state index contributed by atoms with van der Waals surface area (Å²) in [4.78, 5) is 18.7. The Balaban J connectivity index is 2.65. The Bertz CT molecular complexity index is 315. The molecule has 76 valence electrons. The Labute approximate surface area is 86.1 Å². The van der Waals surface area contributed by atoms with Crippen LogP contribution in [0.1, 0.15) is 17.3 Å². The molecular weight excluding hydrogens is 206 g/mol. The smallest absolute Gasteiger partial charge is 0.254 e. The van der Waals surface area contributed by atoms with Crippen LogP contribution < -0.4 is 5.32 Å². The van der Waals surface area contributed by atoms with Crippen LogP contribution in [-0.4, -0.2) is 33.6 Å². The predicted octanol–water partition coefficient (Wildman–Crippen LogP) is 0.241. The van der Waals surface area contributed by atoms with Crippen molar-refractivity contribution in [2.45, 2.75) is 13.0 Å². The molecule has 0 aliphatic heterocycles. The van der Waals surface area contributed by atoms with Gasteiger partial charge >= 0.3 is 0 Å². The second-order valence-electron chi connectivity index (χ2n) is 2.80. The van der Waals surface area contributed by atoms with Crippen molar-refractivity contribution in [2.24, 2.45) is 0 Å². The lowest BCUT2D eigenvalue weighted by molar-refractivity contribution is 0.0921. The van der Waals surface area contributed by atoms with Gasteiger partial charge in [0.1, 0.15) is 0 Å². The molecule has 6 heteroatoms. The number of nitrogens with zero attached hydrogens (tertiary/aromatic N) is 2. The van der Waals surface area contributed by atoms with E-state index in [0.29, 0.717) is 5.56 Å². The van der Waals surface area contributed by atoms with Crippen LogP contribution in [0, 0.1) is 0 Å². The molecule has 0 radical (unpaired) electrons. The fourth-order valence-electron chi connectivity index (χ4n) is 0.782. The Kier molecular flexibility index (Phi) is 3.79. The minimum absolute atomic E-state index is 0.0942. The topological polar surface area (TPSA) is 75.1 Å². The molecule has 2 N–H and O–H groups in total. The van der Waals surface area contributed by atoms with Crippen LogP contribution in [0.3, 0.4) is 0 Å². The van der Waals surface area contributed by atoms with Gasteiger partial charge in [-0.1, -0.05) is 0 Å². The number of rotatable bonds is 3. The Morgan fingerprint density at radius 3 is 2.71 bits per heavy atom. The summed E-state index contributed by atoms with van der Waals surface area (Å²) in [6, 6.07) is -0.293. The number of carbonyl (C=O) groups excluding carboxylic acids is 1. The summed E-state index contributed by atoms with van der Waals surface area (Å²) in [6.45, 7) is 1.58. The van der Waals surface area contributed by atoms with Gasteiger partial charge in [0, 0.05) is 18.4 Å². The maximum atomic E-state index is 11.4. The van der Waals surface area contributed by atoms with Crippen LogP contribution >= 0.6 is 11.6 Å². The molecule has 14 heavy (non-hydrogen) atoms. The molecule has 0 saturated heterocycles. The SMILES string of the molecule is C[C@@H](CO)NC(=O)c1cnc(Cl)nc1. The van der Waals surface area contributed by atoms with Gasteiger partial charge in [0.25, 0.3) is 5.91 Å². The zero-order valence-corrected chi connectivity index (χ0v) is 8.32. The highest BCUT2D eigenvalue weighted by Gasteiger charge is 2.09. The maximum Gasteiger partial charge on any atom is 0.254 e. The van der Waals surface area contributed by atoms with Crippen molar-refractivity contribution < 1.29 is 9.90 Å². The zero-order valence-electron chi connectivity index (χ0n) is 7.57. The summed E-state index contributed by atoms with van der Waals surface area (Å²) < 4.78 is 0. The molecule has 1 atom stereocenters. The molecule has 0 aromatic carbocycles. The molecule has 0 bridgehead atoms. The minimum Gasteiger partial charge on any atom is -0.394 e. The zero-order chi connectivity index (χ0) is 10.6. The normalized spacial score (nSPS) is 12.2. The summed E-state index contributed by atoms with van der Waals surface area (Å²) in [7, 11) is 0. The number of aliphatic hydroxyl groups is 1. The third-order valence-electron chi connectivity index (χ3n) is 1.53. The van der Waals surface area contributed by atoms with Crippen LogP contribution in [0.15, 0.2) is 12.4 Å². The van der Waals surface area contributed by atoms with E-state index in [1.54, 1.807) is 6.92 Å². The van der Waals surface area contributed by atoms with Crippen molar-refractivity contribution in [3.8, 4) is 0 Å². The highest BCUT2D eigenvalue weighted by Crippen LogP contribution is 2.00. The fraction of sp³-hybridized carbons (Fsp3) is 0.375. The van der Waals surface area contributed by atoms with Gasteiger partial charge in [0.05, 0.1) is 12.2 Å². The van der Waals surface area contributed by atoms with E-state index in [1.807, 2.05) is 0 Å². The van der Waals surface area contributed by atoms with Gasteiger partial charge < -0.3 is 10.4 Å². The summed E-state index contributed by atoms with van der Waals surface area (Å²) in [5, 5.41) is 11.4. The number of amides is 1. The average molecular weight is 216 g/mol.